The molecule has 0 unspecified atom stereocenters. The van der Waals surface area contributed by atoms with Crippen LogP contribution in [0.25, 0.3) is 0 Å². The lowest BCUT2D eigenvalue weighted by Gasteiger charge is -2.35. The first-order valence-electron chi connectivity index (χ1n) is 10.7. The van der Waals surface area contributed by atoms with E-state index in [9.17, 15) is 17.6 Å². The van der Waals surface area contributed by atoms with Gasteiger partial charge in [-0.3, -0.25) is 0 Å². The number of amides is 2. The van der Waals surface area contributed by atoms with Crippen LogP contribution < -0.4 is 10.6 Å². The van der Waals surface area contributed by atoms with Crippen molar-refractivity contribution in [3.8, 4) is 0 Å². The fourth-order valence-corrected chi connectivity index (χ4v) is 6.37. The van der Waals surface area contributed by atoms with Crippen LogP contribution in [-0.2, 0) is 10.0 Å². The maximum atomic E-state index is 13.4. The number of nitrogens with zero attached hydrogens (tertiary/aromatic N) is 1. The summed E-state index contributed by atoms with van der Waals surface area (Å²) in [7, 11) is -3.69. The molecule has 1 aromatic carbocycles. The van der Waals surface area contributed by atoms with Gasteiger partial charge in [0.25, 0.3) is 0 Å². The first-order chi connectivity index (χ1) is 13.9. The molecule has 2 amide bonds. The van der Waals surface area contributed by atoms with Gasteiger partial charge >= 0.3 is 6.03 Å². The third kappa shape index (κ3) is 5.69. The Labute approximate surface area is 173 Å². The van der Waals surface area contributed by atoms with Crippen LogP contribution in [0.2, 0.25) is 0 Å². The van der Waals surface area contributed by atoms with Crippen LogP contribution in [0, 0.1) is 12.7 Å². The first-order valence-corrected chi connectivity index (χ1v) is 12.1. The third-order valence-electron chi connectivity index (χ3n) is 6.00. The molecule has 1 aliphatic carbocycles. The number of halogens is 1. The summed E-state index contributed by atoms with van der Waals surface area (Å²) >= 11 is 0. The highest BCUT2D eigenvalue weighted by atomic mass is 32.2. The van der Waals surface area contributed by atoms with Crippen LogP contribution in [0.3, 0.4) is 0 Å². The molecule has 1 heterocycles. The molecular weight excluding hydrogens is 393 g/mol. The first kappa shape index (κ1) is 22.0. The van der Waals surface area contributed by atoms with Crippen molar-refractivity contribution in [3.63, 3.8) is 0 Å². The van der Waals surface area contributed by atoms with Crippen molar-refractivity contribution in [2.45, 2.75) is 81.7 Å². The predicted molar refractivity (Wildman–Crippen MR) is 111 cm³/mol. The topological polar surface area (TPSA) is 78.5 Å². The largest absolute Gasteiger partial charge is 0.338 e. The van der Waals surface area contributed by atoms with Crippen molar-refractivity contribution >= 4 is 16.1 Å². The Morgan fingerprint density at radius 3 is 2.59 bits per heavy atom. The zero-order chi connectivity index (χ0) is 20.9. The second kappa shape index (κ2) is 9.89. The Balaban J connectivity index is 1.58. The van der Waals surface area contributed by atoms with Gasteiger partial charge in [-0.05, 0) is 62.8 Å². The summed E-state index contributed by atoms with van der Waals surface area (Å²) in [4.78, 5) is 12.3. The predicted octanol–water partition coefficient (Wildman–Crippen LogP) is 3.70. The zero-order valence-electron chi connectivity index (χ0n) is 17.1. The molecule has 6 nitrogen and oxygen atoms in total. The number of urea groups is 1. The Kier molecular flexibility index (Phi) is 7.51. The fourth-order valence-electron chi connectivity index (χ4n) is 4.44. The highest BCUT2D eigenvalue weighted by Crippen LogP contribution is 2.28. The van der Waals surface area contributed by atoms with Crippen LogP contribution in [0.15, 0.2) is 23.1 Å². The number of carbonyl (C=O) groups excluding carboxylic acids is 1. The molecule has 0 aromatic heterocycles. The molecule has 1 saturated heterocycles. The average Bonchev–Trinajstić information content (AvgIpc) is 2.69. The SMILES string of the molecule is Cc1cc(F)ccc1S(=O)(=O)N1CCCC[C@H]1CCNC(=O)NC1CCCCC1. The number of benzene rings is 1. The summed E-state index contributed by atoms with van der Waals surface area (Å²) in [5.74, 6) is -0.440. The molecular formula is C21H32FN3O3S. The second-order valence-corrected chi connectivity index (χ2v) is 10.1. The van der Waals surface area contributed by atoms with Gasteiger partial charge in [0.15, 0.2) is 0 Å². The molecule has 8 heteroatoms. The molecule has 2 aliphatic rings. The lowest BCUT2D eigenvalue weighted by Crippen LogP contribution is -2.47. The molecule has 3 rings (SSSR count). The standard InChI is InChI=1S/C21H32FN3O3S/c1-16-15-17(22)10-11-20(16)29(27,28)25-14-6-5-9-19(25)12-13-23-21(26)24-18-7-3-2-4-8-18/h10-11,15,18-19H,2-9,12-14H2,1H3,(H2,23,24,26)/t19-/m0/s1. The van der Waals surface area contributed by atoms with E-state index in [0.717, 1.165) is 44.9 Å². The van der Waals surface area contributed by atoms with Gasteiger partial charge in [0.05, 0.1) is 4.90 Å². The van der Waals surface area contributed by atoms with Crippen LogP contribution in [0.1, 0.15) is 63.4 Å². The number of hydrogen-bond donors (Lipinski definition) is 2. The van der Waals surface area contributed by atoms with Gasteiger partial charge in [-0.15, -0.1) is 0 Å². The second-order valence-electron chi connectivity index (χ2n) is 8.20. The molecule has 1 saturated carbocycles. The average molecular weight is 426 g/mol. The van der Waals surface area contributed by atoms with Crippen molar-refractivity contribution < 1.29 is 17.6 Å². The summed E-state index contributed by atoms with van der Waals surface area (Å²) in [6.07, 6.45) is 8.71. The monoisotopic (exact) mass is 425 g/mol. The highest BCUT2D eigenvalue weighted by molar-refractivity contribution is 7.89. The molecule has 29 heavy (non-hydrogen) atoms. The minimum absolute atomic E-state index is 0.159. The number of carbonyl (C=O) groups is 1. The molecule has 162 valence electrons. The summed E-state index contributed by atoms with van der Waals surface area (Å²) in [5.41, 5.74) is 0.416. The third-order valence-corrected chi connectivity index (χ3v) is 8.11. The van der Waals surface area contributed by atoms with Gasteiger partial charge in [-0.2, -0.15) is 4.31 Å². The quantitative estimate of drug-likeness (QED) is 0.729. The van der Waals surface area contributed by atoms with E-state index in [-0.39, 0.29) is 23.0 Å². The van der Waals surface area contributed by atoms with Crippen molar-refractivity contribution in [2.75, 3.05) is 13.1 Å². The molecule has 1 aliphatic heterocycles. The van der Waals surface area contributed by atoms with E-state index in [1.165, 1.54) is 28.9 Å². The van der Waals surface area contributed by atoms with Crippen LogP contribution in [0.4, 0.5) is 9.18 Å². The number of piperidine rings is 1. The summed E-state index contributed by atoms with van der Waals surface area (Å²) in [6, 6.07) is 3.71. The number of nitrogens with one attached hydrogen (secondary N) is 2. The summed E-state index contributed by atoms with van der Waals surface area (Å²) in [6.45, 7) is 2.50. The van der Waals surface area contributed by atoms with Crippen LogP contribution >= 0.6 is 0 Å². The Hall–Kier alpha value is -1.67. The van der Waals surface area contributed by atoms with Gasteiger partial charge < -0.3 is 10.6 Å². The van der Waals surface area contributed by atoms with E-state index < -0.39 is 15.8 Å². The maximum Gasteiger partial charge on any atom is 0.315 e. The summed E-state index contributed by atoms with van der Waals surface area (Å²) in [5, 5.41) is 5.91. The van der Waals surface area contributed by atoms with E-state index >= 15 is 0 Å². The van der Waals surface area contributed by atoms with E-state index in [4.69, 9.17) is 0 Å². The zero-order valence-corrected chi connectivity index (χ0v) is 17.9. The van der Waals surface area contributed by atoms with Crippen molar-refractivity contribution in [1.82, 2.24) is 14.9 Å². The highest BCUT2D eigenvalue weighted by Gasteiger charge is 2.34. The molecule has 1 atom stereocenters. The Bertz CT molecular complexity index is 809. The fraction of sp³-hybridized carbons (Fsp3) is 0.667. The molecule has 2 N–H and O–H groups in total. The van der Waals surface area contributed by atoms with Crippen LogP contribution in [0.5, 0.6) is 0 Å². The minimum atomic E-state index is -3.69. The van der Waals surface area contributed by atoms with Gasteiger partial charge in [-0.25, -0.2) is 17.6 Å². The van der Waals surface area contributed by atoms with E-state index in [2.05, 4.69) is 10.6 Å². The van der Waals surface area contributed by atoms with Crippen molar-refractivity contribution in [3.05, 3.63) is 29.6 Å². The van der Waals surface area contributed by atoms with E-state index in [1.54, 1.807) is 6.92 Å². The van der Waals surface area contributed by atoms with Crippen LogP contribution in [-0.4, -0.2) is 43.9 Å². The lowest BCUT2D eigenvalue weighted by atomic mass is 9.96. The maximum absolute atomic E-state index is 13.4. The number of rotatable bonds is 6. The smallest absolute Gasteiger partial charge is 0.315 e. The molecule has 2 fully saturated rings. The van der Waals surface area contributed by atoms with Gasteiger partial charge in [0.2, 0.25) is 10.0 Å². The molecule has 0 bridgehead atoms. The van der Waals surface area contributed by atoms with Gasteiger partial charge in [0, 0.05) is 25.2 Å². The molecule has 0 radical (unpaired) electrons. The lowest BCUT2D eigenvalue weighted by molar-refractivity contribution is 0.224. The summed E-state index contributed by atoms with van der Waals surface area (Å²) < 4.78 is 41.3. The minimum Gasteiger partial charge on any atom is -0.338 e. The molecule has 1 aromatic rings. The Morgan fingerprint density at radius 2 is 1.86 bits per heavy atom. The number of hydrogen-bond acceptors (Lipinski definition) is 3. The number of sulfonamides is 1. The van der Waals surface area contributed by atoms with Crippen molar-refractivity contribution in [1.29, 1.82) is 0 Å². The van der Waals surface area contributed by atoms with Crippen molar-refractivity contribution in [2.24, 2.45) is 0 Å². The normalized spacial score (nSPS) is 21.7. The van der Waals surface area contributed by atoms with E-state index in [1.807, 2.05) is 0 Å². The van der Waals surface area contributed by atoms with Gasteiger partial charge in [-0.1, -0.05) is 25.7 Å². The number of aryl methyl sites for hydroxylation is 1. The molecule has 0 spiro atoms. The van der Waals surface area contributed by atoms with E-state index in [0.29, 0.717) is 25.1 Å². The van der Waals surface area contributed by atoms with Gasteiger partial charge in [0.1, 0.15) is 5.82 Å². The Morgan fingerprint density at radius 1 is 1.14 bits per heavy atom.